The van der Waals surface area contributed by atoms with Crippen molar-refractivity contribution in [2.75, 3.05) is 13.2 Å². The van der Waals surface area contributed by atoms with E-state index in [1.165, 1.54) is 0 Å². The van der Waals surface area contributed by atoms with Crippen molar-refractivity contribution in [3.8, 4) is 0 Å². The normalized spacial score (nSPS) is 14.3. The fourth-order valence-corrected chi connectivity index (χ4v) is 1.94. The van der Waals surface area contributed by atoms with Crippen LogP contribution in [0, 0.1) is 0 Å². The van der Waals surface area contributed by atoms with E-state index in [1.54, 1.807) is 0 Å². The Hall–Kier alpha value is -1.72. The van der Waals surface area contributed by atoms with Crippen LogP contribution in [0.4, 0.5) is 0 Å². The lowest BCUT2D eigenvalue weighted by atomic mass is 9.99. The smallest absolute Gasteiger partial charge is 0.235 e. The van der Waals surface area contributed by atoms with E-state index in [-0.39, 0.29) is 12.0 Å². The van der Waals surface area contributed by atoms with Crippen LogP contribution in [-0.4, -0.2) is 23.3 Å². The van der Waals surface area contributed by atoms with Crippen molar-refractivity contribution >= 4 is 0 Å². The molecule has 1 heterocycles. The molecule has 5 nitrogen and oxygen atoms in total. The highest BCUT2D eigenvalue weighted by atomic mass is 16.5. The van der Waals surface area contributed by atoms with E-state index in [9.17, 15) is 0 Å². The van der Waals surface area contributed by atoms with Crippen LogP contribution in [0.2, 0.25) is 0 Å². The Morgan fingerprint density at radius 2 is 2.05 bits per heavy atom. The van der Waals surface area contributed by atoms with Crippen LogP contribution in [0.1, 0.15) is 43.1 Å². The number of benzene rings is 1. The third kappa shape index (κ3) is 3.19. The second-order valence-corrected chi connectivity index (χ2v) is 4.29. The van der Waals surface area contributed by atoms with E-state index < -0.39 is 0 Å². The molecule has 0 bridgehead atoms. The lowest BCUT2D eigenvalue weighted by molar-refractivity contribution is 0.0683. The quantitative estimate of drug-likeness (QED) is 0.863. The maximum Gasteiger partial charge on any atom is 0.235 e. The van der Waals surface area contributed by atoms with E-state index in [0.717, 1.165) is 5.56 Å². The molecule has 0 amide bonds. The minimum absolute atomic E-state index is 0.0729. The van der Waals surface area contributed by atoms with E-state index in [2.05, 4.69) is 10.1 Å². The molecule has 0 saturated heterocycles. The molecule has 2 aromatic rings. The molecule has 1 aromatic heterocycles. The third-order valence-electron chi connectivity index (χ3n) is 2.97. The zero-order valence-corrected chi connectivity index (χ0v) is 11.2. The summed E-state index contributed by atoms with van der Waals surface area (Å²) in [7, 11) is 0. The molecule has 2 atom stereocenters. The number of nitrogens with zero attached hydrogens (tertiary/aromatic N) is 2. The molecule has 19 heavy (non-hydrogen) atoms. The summed E-state index contributed by atoms with van der Waals surface area (Å²) in [6.07, 6.45) is -0.170. The Morgan fingerprint density at radius 1 is 1.32 bits per heavy atom. The van der Waals surface area contributed by atoms with Gasteiger partial charge in [-0.15, -0.1) is 0 Å². The Bertz CT molecular complexity index is 498. The molecular weight excluding hydrogens is 242 g/mol. The molecule has 1 aromatic carbocycles. The maximum atomic E-state index is 5.82. The van der Waals surface area contributed by atoms with Crippen molar-refractivity contribution in [3.63, 3.8) is 0 Å². The molecule has 0 spiro atoms. The summed E-state index contributed by atoms with van der Waals surface area (Å²) < 4.78 is 10.8. The van der Waals surface area contributed by atoms with Gasteiger partial charge in [-0.3, -0.25) is 0 Å². The molecule has 0 aliphatic rings. The second kappa shape index (κ2) is 6.45. The molecule has 5 heteroatoms. The molecule has 2 N–H and O–H groups in total. The van der Waals surface area contributed by atoms with Crippen molar-refractivity contribution in [3.05, 3.63) is 47.6 Å². The first kappa shape index (κ1) is 13.7. The van der Waals surface area contributed by atoms with Gasteiger partial charge in [-0.1, -0.05) is 35.5 Å². The van der Waals surface area contributed by atoms with E-state index in [4.69, 9.17) is 15.0 Å². The summed E-state index contributed by atoms with van der Waals surface area (Å²) in [4.78, 5) is 4.39. The number of aromatic nitrogens is 2. The minimum atomic E-state index is -0.170. The molecule has 2 rings (SSSR count). The lowest BCUT2D eigenvalue weighted by Crippen LogP contribution is -2.14. The van der Waals surface area contributed by atoms with E-state index >= 15 is 0 Å². The third-order valence-corrected chi connectivity index (χ3v) is 2.97. The molecule has 0 fully saturated rings. The SMILES string of the molecule is CCOC(C)c1noc(C(CN)c2ccccc2)n1. The summed E-state index contributed by atoms with van der Waals surface area (Å²) in [6, 6.07) is 9.92. The summed E-state index contributed by atoms with van der Waals surface area (Å²) in [5.74, 6) is 1.03. The monoisotopic (exact) mass is 261 g/mol. The second-order valence-electron chi connectivity index (χ2n) is 4.29. The Morgan fingerprint density at radius 3 is 2.68 bits per heavy atom. The number of hydrogen-bond donors (Lipinski definition) is 1. The van der Waals surface area contributed by atoms with Gasteiger partial charge in [0.15, 0.2) is 5.82 Å². The van der Waals surface area contributed by atoms with Crippen molar-refractivity contribution in [1.29, 1.82) is 0 Å². The first-order chi connectivity index (χ1) is 9.26. The summed E-state index contributed by atoms with van der Waals surface area (Å²) in [5.41, 5.74) is 6.90. The lowest BCUT2D eigenvalue weighted by Gasteiger charge is -2.10. The Kier molecular flexibility index (Phi) is 4.65. The fraction of sp³-hybridized carbons (Fsp3) is 0.429. The topological polar surface area (TPSA) is 74.2 Å². The number of rotatable bonds is 6. The van der Waals surface area contributed by atoms with Crippen molar-refractivity contribution in [2.45, 2.75) is 25.9 Å². The molecule has 0 saturated carbocycles. The van der Waals surface area contributed by atoms with Crippen LogP contribution < -0.4 is 5.73 Å². The first-order valence-corrected chi connectivity index (χ1v) is 6.46. The van der Waals surface area contributed by atoms with Gasteiger partial charge in [-0.25, -0.2) is 0 Å². The van der Waals surface area contributed by atoms with Gasteiger partial charge in [-0.05, 0) is 19.4 Å². The zero-order chi connectivity index (χ0) is 13.7. The van der Waals surface area contributed by atoms with Gasteiger partial charge >= 0.3 is 0 Å². The zero-order valence-electron chi connectivity index (χ0n) is 11.2. The number of hydrogen-bond acceptors (Lipinski definition) is 5. The average molecular weight is 261 g/mol. The predicted octanol–water partition coefficient (Wildman–Crippen LogP) is 2.26. The van der Waals surface area contributed by atoms with Gasteiger partial charge in [0.2, 0.25) is 5.89 Å². The van der Waals surface area contributed by atoms with Crippen LogP contribution in [-0.2, 0) is 4.74 Å². The largest absolute Gasteiger partial charge is 0.371 e. The van der Waals surface area contributed by atoms with Gasteiger partial charge in [-0.2, -0.15) is 4.98 Å². The molecule has 2 unspecified atom stereocenters. The number of ether oxygens (including phenoxy) is 1. The van der Waals surface area contributed by atoms with Crippen LogP contribution in [0.15, 0.2) is 34.9 Å². The summed E-state index contributed by atoms with van der Waals surface area (Å²) >= 11 is 0. The molecule has 0 aliphatic heterocycles. The van der Waals surface area contributed by atoms with Crippen molar-refractivity contribution in [2.24, 2.45) is 5.73 Å². The molecular formula is C14H19N3O2. The highest BCUT2D eigenvalue weighted by Gasteiger charge is 2.21. The van der Waals surface area contributed by atoms with Gasteiger partial charge in [0, 0.05) is 13.2 Å². The van der Waals surface area contributed by atoms with Gasteiger partial charge in [0.25, 0.3) is 0 Å². The summed E-state index contributed by atoms with van der Waals surface area (Å²) in [6.45, 7) is 4.88. The van der Waals surface area contributed by atoms with Crippen LogP contribution in [0.5, 0.6) is 0 Å². The standard InChI is InChI=1S/C14H19N3O2/c1-3-18-10(2)13-16-14(19-17-13)12(9-15)11-7-5-4-6-8-11/h4-8,10,12H,3,9,15H2,1-2H3. The Labute approximate surface area is 112 Å². The van der Waals surface area contributed by atoms with Crippen molar-refractivity contribution < 1.29 is 9.26 Å². The van der Waals surface area contributed by atoms with Crippen LogP contribution in [0.3, 0.4) is 0 Å². The number of nitrogens with two attached hydrogens (primary N) is 1. The fourth-order valence-electron chi connectivity index (χ4n) is 1.94. The van der Waals surface area contributed by atoms with Gasteiger partial charge < -0.3 is 15.0 Å². The first-order valence-electron chi connectivity index (χ1n) is 6.46. The Balaban J connectivity index is 2.21. The van der Waals surface area contributed by atoms with Crippen LogP contribution in [0.25, 0.3) is 0 Å². The highest BCUT2D eigenvalue weighted by Crippen LogP contribution is 2.23. The van der Waals surface area contributed by atoms with Gasteiger partial charge in [0.1, 0.15) is 6.10 Å². The predicted molar refractivity (Wildman–Crippen MR) is 71.7 cm³/mol. The highest BCUT2D eigenvalue weighted by molar-refractivity contribution is 5.24. The summed E-state index contributed by atoms with van der Waals surface area (Å²) in [5, 5.41) is 3.96. The van der Waals surface area contributed by atoms with Gasteiger partial charge in [0.05, 0.1) is 5.92 Å². The maximum absolute atomic E-state index is 5.82. The molecule has 0 radical (unpaired) electrons. The molecule has 102 valence electrons. The van der Waals surface area contributed by atoms with E-state index in [1.807, 2.05) is 44.2 Å². The van der Waals surface area contributed by atoms with Crippen molar-refractivity contribution in [1.82, 2.24) is 10.1 Å². The van der Waals surface area contributed by atoms with Crippen LogP contribution >= 0.6 is 0 Å². The minimum Gasteiger partial charge on any atom is -0.371 e. The van der Waals surface area contributed by atoms with E-state index in [0.29, 0.717) is 24.9 Å². The molecule has 0 aliphatic carbocycles. The average Bonchev–Trinajstić information content (AvgIpc) is 2.91.